The van der Waals surface area contributed by atoms with Gasteiger partial charge in [0.1, 0.15) is 0 Å². The number of hydrogen-bond acceptors (Lipinski definition) is 6. The van der Waals surface area contributed by atoms with E-state index in [1.54, 1.807) is 21.5 Å². The summed E-state index contributed by atoms with van der Waals surface area (Å²) in [7, 11) is 1.91. The van der Waals surface area contributed by atoms with Crippen LogP contribution in [-0.4, -0.2) is 61.4 Å². The number of fused-ring (bicyclic) bond motifs is 1. The topological polar surface area (TPSA) is 91.8 Å². The number of nitrogens with zero attached hydrogens (tertiary/aromatic N) is 7. The van der Waals surface area contributed by atoms with Crippen LogP contribution in [0.25, 0.3) is 5.65 Å². The van der Waals surface area contributed by atoms with E-state index in [1.807, 2.05) is 19.4 Å². The standard InChI is InChI=1S/C15H17N7O2/c1-19-9-11(8-17-19)20-4-6-21(7-5-20)13-14-18-12(15(23)24)10-22(14)3-2-16-13/h2-3,8-10H,4-7H2,1H3,(H,23,24). The van der Waals surface area contributed by atoms with E-state index < -0.39 is 5.97 Å². The summed E-state index contributed by atoms with van der Waals surface area (Å²) >= 11 is 0. The van der Waals surface area contributed by atoms with Gasteiger partial charge in [0, 0.05) is 58.0 Å². The van der Waals surface area contributed by atoms with E-state index in [2.05, 4.69) is 24.9 Å². The monoisotopic (exact) mass is 327 g/mol. The molecule has 0 unspecified atom stereocenters. The number of piperazine rings is 1. The molecule has 24 heavy (non-hydrogen) atoms. The second-order valence-corrected chi connectivity index (χ2v) is 5.76. The summed E-state index contributed by atoms with van der Waals surface area (Å²) in [6.07, 6.45) is 8.76. The summed E-state index contributed by atoms with van der Waals surface area (Å²) in [4.78, 5) is 24.2. The Bertz CT molecular complexity index is 892. The molecule has 0 saturated carbocycles. The number of carboxylic acid groups (broad SMARTS) is 1. The summed E-state index contributed by atoms with van der Waals surface area (Å²) in [5.41, 5.74) is 1.71. The van der Waals surface area contributed by atoms with Crippen LogP contribution >= 0.6 is 0 Å². The molecule has 0 aromatic carbocycles. The van der Waals surface area contributed by atoms with Crippen LogP contribution in [0, 0.1) is 0 Å². The van der Waals surface area contributed by atoms with Crippen LogP contribution in [0.3, 0.4) is 0 Å². The zero-order valence-electron chi connectivity index (χ0n) is 13.2. The summed E-state index contributed by atoms with van der Waals surface area (Å²) < 4.78 is 3.50. The summed E-state index contributed by atoms with van der Waals surface area (Å²) in [6.45, 7) is 3.27. The van der Waals surface area contributed by atoms with Gasteiger partial charge in [-0.2, -0.15) is 5.10 Å². The summed E-state index contributed by atoms with van der Waals surface area (Å²) in [5.74, 6) is -0.318. The number of imidazole rings is 1. The van der Waals surface area contributed by atoms with Crippen LogP contribution in [0.15, 0.2) is 31.0 Å². The van der Waals surface area contributed by atoms with Gasteiger partial charge in [-0.15, -0.1) is 0 Å². The van der Waals surface area contributed by atoms with Gasteiger partial charge in [0.2, 0.25) is 0 Å². The lowest BCUT2D eigenvalue weighted by atomic mass is 10.3. The molecule has 3 aromatic heterocycles. The first kappa shape index (κ1) is 14.5. The van der Waals surface area contributed by atoms with Gasteiger partial charge in [-0.3, -0.25) is 4.68 Å². The van der Waals surface area contributed by atoms with E-state index >= 15 is 0 Å². The van der Waals surface area contributed by atoms with Crippen molar-refractivity contribution < 1.29 is 9.90 Å². The van der Waals surface area contributed by atoms with Crippen molar-refractivity contribution in [2.24, 2.45) is 7.05 Å². The first-order valence-electron chi connectivity index (χ1n) is 7.67. The molecule has 4 rings (SSSR count). The number of carboxylic acids is 1. The van der Waals surface area contributed by atoms with Crippen molar-refractivity contribution in [1.29, 1.82) is 0 Å². The normalized spacial score (nSPS) is 15.2. The Morgan fingerprint density at radius 3 is 2.58 bits per heavy atom. The third kappa shape index (κ3) is 2.43. The maximum absolute atomic E-state index is 11.1. The molecule has 0 aliphatic carbocycles. The van der Waals surface area contributed by atoms with Gasteiger partial charge in [-0.1, -0.05) is 0 Å². The van der Waals surface area contributed by atoms with Gasteiger partial charge in [-0.25, -0.2) is 14.8 Å². The molecule has 1 N–H and O–H groups in total. The summed E-state index contributed by atoms with van der Waals surface area (Å²) in [6, 6.07) is 0. The number of aromatic carboxylic acids is 1. The molecule has 0 bridgehead atoms. The lowest BCUT2D eigenvalue weighted by Crippen LogP contribution is -2.46. The van der Waals surface area contributed by atoms with Gasteiger partial charge in [-0.05, 0) is 0 Å². The van der Waals surface area contributed by atoms with Gasteiger partial charge in [0.05, 0.1) is 11.9 Å². The number of carbonyl (C=O) groups is 1. The zero-order chi connectivity index (χ0) is 16.7. The Balaban J connectivity index is 1.57. The third-order valence-corrected chi connectivity index (χ3v) is 4.21. The predicted molar refractivity (Wildman–Crippen MR) is 87.6 cm³/mol. The number of aryl methyl sites for hydroxylation is 1. The maximum Gasteiger partial charge on any atom is 0.356 e. The van der Waals surface area contributed by atoms with Crippen LogP contribution in [-0.2, 0) is 7.05 Å². The van der Waals surface area contributed by atoms with E-state index in [-0.39, 0.29) is 5.69 Å². The second kappa shape index (κ2) is 5.52. The lowest BCUT2D eigenvalue weighted by Gasteiger charge is -2.35. The zero-order valence-corrected chi connectivity index (χ0v) is 13.2. The largest absolute Gasteiger partial charge is 0.476 e. The van der Waals surface area contributed by atoms with Gasteiger partial charge < -0.3 is 19.3 Å². The average Bonchev–Trinajstić information content (AvgIpc) is 3.21. The van der Waals surface area contributed by atoms with Crippen LogP contribution in [0.2, 0.25) is 0 Å². The van der Waals surface area contributed by atoms with Crippen LogP contribution in [0.4, 0.5) is 11.5 Å². The Morgan fingerprint density at radius 1 is 1.17 bits per heavy atom. The highest BCUT2D eigenvalue weighted by atomic mass is 16.4. The maximum atomic E-state index is 11.1. The molecule has 1 saturated heterocycles. The third-order valence-electron chi connectivity index (χ3n) is 4.21. The van der Waals surface area contributed by atoms with E-state index in [0.717, 1.165) is 37.7 Å². The first-order valence-corrected chi connectivity index (χ1v) is 7.67. The van der Waals surface area contributed by atoms with Crippen molar-refractivity contribution in [1.82, 2.24) is 24.1 Å². The number of aromatic nitrogens is 5. The molecule has 0 radical (unpaired) electrons. The minimum absolute atomic E-state index is 0.0262. The van der Waals surface area contributed by atoms with Crippen molar-refractivity contribution in [3.8, 4) is 0 Å². The number of anilines is 2. The molecule has 1 fully saturated rings. The van der Waals surface area contributed by atoms with E-state index in [9.17, 15) is 4.79 Å². The molecular formula is C15H17N7O2. The molecule has 0 atom stereocenters. The Morgan fingerprint density at radius 2 is 1.92 bits per heavy atom. The highest BCUT2D eigenvalue weighted by Crippen LogP contribution is 2.22. The smallest absolute Gasteiger partial charge is 0.356 e. The molecule has 1 aliphatic rings. The fourth-order valence-electron chi connectivity index (χ4n) is 2.98. The van der Waals surface area contributed by atoms with Gasteiger partial charge in [0.15, 0.2) is 17.2 Å². The van der Waals surface area contributed by atoms with Crippen molar-refractivity contribution in [2.45, 2.75) is 0 Å². The Labute approximate surface area is 137 Å². The quantitative estimate of drug-likeness (QED) is 0.748. The predicted octanol–water partition coefficient (Wildman–Crippen LogP) is 0.488. The average molecular weight is 327 g/mol. The molecular weight excluding hydrogens is 310 g/mol. The van der Waals surface area contributed by atoms with Crippen molar-refractivity contribution in [2.75, 3.05) is 36.0 Å². The van der Waals surface area contributed by atoms with Crippen molar-refractivity contribution >= 4 is 23.1 Å². The lowest BCUT2D eigenvalue weighted by molar-refractivity contribution is 0.0691. The molecule has 0 amide bonds. The van der Waals surface area contributed by atoms with Gasteiger partial charge >= 0.3 is 5.97 Å². The molecule has 9 nitrogen and oxygen atoms in total. The van der Waals surface area contributed by atoms with Crippen molar-refractivity contribution in [3.63, 3.8) is 0 Å². The fourth-order valence-corrected chi connectivity index (χ4v) is 2.98. The molecule has 4 heterocycles. The second-order valence-electron chi connectivity index (χ2n) is 5.76. The molecule has 0 spiro atoms. The van der Waals surface area contributed by atoms with Crippen LogP contribution in [0.1, 0.15) is 10.5 Å². The van der Waals surface area contributed by atoms with Gasteiger partial charge in [0.25, 0.3) is 0 Å². The van der Waals surface area contributed by atoms with E-state index in [0.29, 0.717) is 5.65 Å². The number of rotatable bonds is 3. The minimum atomic E-state index is -1.04. The van der Waals surface area contributed by atoms with E-state index in [4.69, 9.17) is 5.11 Å². The SMILES string of the molecule is Cn1cc(N2CCN(c3nccn4cc(C(=O)O)nc34)CC2)cn1. The highest BCUT2D eigenvalue weighted by Gasteiger charge is 2.22. The summed E-state index contributed by atoms with van der Waals surface area (Å²) in [5, 5.41) is 13.3. The molecule has 1 aliphatic heterocycles. The van der Waals surface area contributed by atoms with E-state index in [1.165, 1.54) is 6.20 Å². The minimum Gasteiger partial charge on any atom is -0.476 e. The number of hydrogen-bond donors (Lipinski definition) is 1. The van der Waals surface area contributed by atoms with Crippen molar-refractivity contribution in [3.05, 3.63) is 36.7 Å². The molecule has 3 aromatic rings. The first-order chi connectivity index (χ1) is 11.6. The Hall–Kier alpha value is -3.10. The van der Waals surface area contributed by atoms with Crippen LogP contribution < -0.4 is 9.80 Å². The highest BCUT2D eigenvalue weighted by molar-refractivity contribution is 5.87. The fraction of sp³-hybridized carbons (Fsp3) is 0.333. The van der Waals surface area contributed by atoms with Crippen LogP contribution in [0.5, 0.6) is 0 Å². The Kier molecular flexibility index (Phi) is 3.33. The molecule has 9 heteroatoms. The molecule has 124 valence electrons.